The summed E-state index contributed by atoms with van der Waals surface area (Å²) in [5.74, 6) is 0.231. The number of likely N-dealkylation sites (N-methyl/N-ethyl adjacent to an activating group) is 2. The van der Waals surface area contributed by atoms with Gasteiger partial charge in [0.25, 0.3) is 11.8 Å². The molecule has 0 aromatic heterocycles. The van der Waals surface area contributed by atoms with Gasteiger partial charge in [-0.05, 0) is 67.1 Å². The monoisotopic (exact) mass is 524 g/mol. The van der Waals surface area contributed by atoms with Crippen molar-refractivity contribution in [3.8, 4) is 0 Å². The van der Waals surface area contributed by atoms with E-state index in [-0.39, 0.29) is 58.1 Å². The highest BCUT2D eigenvalue weighted by molar-refractivity contribution is 6.28. The number of rotatable bonds is 4. The van der Waals surface area contributed by atoms with Gasteiger partial charge in [-0.2, -0.15) is 0 Å². The predicted molar refractivity (Wildman–Crippen MR) is 138 cm³/mol. The summed E-state index contributed by atoms with van der Waals surface area (Å²) in [5, 5.41) is 0. The fourth-order valence-electron chi connectivity index (χ4n) is 9.20. The van der Waals surface area contributed by atoms with Gasteiger partial charge in [-0.15, -0.1) is 0 Å². The Morgan fingerprint density at radius 1 is 0.921 bits per heavy atom. The number of allylic oxidation sites excluding steroid dienone is 1. The van der Waals surface area contributed by atoms with Crippen LogP contribution in [0.1, 0.15) is 78.6 Å². The first kappa shape index (κ1) is 26.9. The number of carbonyl (C=O) groups excluding carboxylic acids is 6. The van der Waals surface area contributed by atoms with Crippen LogP contribution in [-0.4, -0.2) is 59.1 Å². The summed E-state index contributed by atoms with van der Waals surface area (Å²) >= 11 is 0. The fraction of sp³-hybridized carbons (Fsp3) is 0.733. The zero-order chi connectivity index (χ0) is 27.7. The summed E-state index contributed by atoms with van der Waals surface area (Å²) in [6.45, 7) is 6.43. The van der Waals surface area contributed by atoms with Crippen molar-refractivity contribution in [1.82, 2.24) is 9.80 Å². The third-order valence-corrected chi connectivity index (χ3v) is 11.5. The molecule has 1 saturated heterocycles. The second-order valence-corrected chi connectivity index (χ2v) is 13.1. The molecule has 8 heteroatoms. The number of fused-ring (bicyclic) bond motifs is 5. The highest BCUT2D eigenvalue weighted by Gasteiger charge is 2.65. The molecule has 0 N–H and O–H groups in total. The van der Waals surface area contributed by atoms with Crippen molar-refractivity contribution in [2.75, 3.05) is 14.1 Å². The van der Waals surface area contributed by atoms with Gasteiger partial charge in [0.05, 0.1) is 0 Å². The van der Waals surface area contributed by atoms with Crippen LogP contribution >= 0.6 is 0 Å². The smallest absolute Gasteiger partial charge is 0.300 e. The molecule has 0 spiro atoms. The minimum absolute atomic E-state index is 0.0170. The van der Waals surface area contributed by atoms with Gasteiger partial charge in [-0.3, -0.25) is 33.8 Å². The molecular weight excluding hydrogens is 484 g/mol. The SMILES string of the molecule is C[C@H](CCC=C1C(=O)N(C)C(=O)N(C)C1=O)[C@H]1CC[C@H]2[C@@H]3CC(=O)[C@@H]4CC(=O)CC[C@]4(C)[C@H]3CC(=O)[C@]12C. The summed E-state index contributed by atoms with van der Waals surface area (Å²) in [6, 6.07) is -0.634. The number of nitrogens with zero attached hydrogens (tertiary/aromatic N) is 2. The van der Waals surface area contributed by atoms with Gasteiger partial charge >= 0.3 is 6.03 Å². The van der Waals surface area contributed by atoms with E-state index in [4.69, 9.17) is 0 Å². The van der Waals surface area contributed by atoms with Crippen LogP contribution < -0.4 is 0 Å². The maximum atomic E-state index is 13.9. The second kappa shape index (κ2) is 9.23. The fourth-order valence-corrected chi connectivity index (χ4v) is 9.20. The standard InChI is InChI=1S/C30H40N2O6/c1-16(7-6-8-18-26(36)31(4)28(38)32(5)27(18)37)20-9-10-21-19-14-24(34)23-13-17(33)11-12-29(23,2)22(19)15-25(35)30(20,21)3/h8,16,19-23H,6-7,9-15H2,1-5H3/t16-,19+,20-,21+,22+,23+,29-,30-/m1/s1. The molecule has 38 heavy (non-hydrogen) atoms. The first-order valence-electron chi connectivity index (χ1n) is 14.2. The van der Waals surface area contributed by atoms with Crippen LogP contribution in [0, 0.1) is 46.3 Å². The Labute approximate surface area is 224 Å². The molecule has 4 amide bonds. The van der Waals surface area contributed by atoms with Gasteiger partial charge in [0.15, 0.2) is 0 Å². The highest BCUT2D eigenvalue weighted by atomic mass is 16.2. The Kier molecular flexibility index (Phi) is 6.55. The Morgan fingerprint density at radius 3 is 2.24 bits per heavy atom. The molecule has 206 valence electrons. The molecule has 0 aromatic carbocycles. The maximum Gasteiger partial charge on any atom is 0.333 e. The topological polar surface area (TPSA) is 109 Å². The lowest BCUT2D eigenvalue weighted by Gasteiger charge is -2.59. The molecular formula is C30H40N2O6. The van der Waals surface area contributed by atoms with Crippen LogP contribution in [0.3, 0.4) is 0 Å². The lowest BCUT2D eigenvalue weighted by atomic mass is 9.44. The van der Waals surface area contributed by atoms with E-state index in [0.717, 1.165) is 29.1 Å². The Hall–Kier alpha value is -2.64. The van der Waals surface area contributed by atoms with E-state index in [0.29, 0.717) is 44.3 Å². The summed E-state index contributed by atoms with van der Waals surface area (Å²) < 4.78 is 0. The van der Waals surface area contributed by atoms with Crippen molar-refractivity contribution < 1.29 is 28.8 Å². The van der Waals surface area contributed by atoms with E-state index in [1.54, 1.807) is 6.08 Å². The van der Waals surface area contributed by atoms with Gasteiger partial charge in [-0.25, -0.2) is 4.79 Å². The van der Waals surface area contributed by atoms with Crippen molar-refractivity contribution in [2.24, 2.45) is 46.3 Å². The molecule has 5 aliphatic rings. The van der Waals surface area contributed by atoms with E-state index >= 15 is 0 Å². The number of carbonyl (C=O) groups is 6. The average Bonchev–Trinajstić information content (AvgIpc) is 3.25. The molecule has 0 unspecified atom stereocenters. The van der Waals surface area contributed by atoms with Gasteiger partial charge in [0.1, 0.15) is 22.9 Å². The van der Waals surface area contributed by atoms with Crippen molar-refractivity contribution in [1.29, 1.82) is 0 Å². The summed E-state index contributed by atoms with van der Waals surface area (Å²) in [7, 11) is 2.74. The number of ketones is 3. The van der Waals surface area contributed by atoms with Crippen LogP contribution in [0.25, 0.3) is 0 Å². The summed E-state index contributed by atoms with van der Waals surface area (Å²) in [5.41, 5.74) is -0.726. The Bertz CT molecular complexity index is 1130. The molecule has 5 rings (SSSR count). The Balaban J connectivity index is 1.32. The molecule has 8 atom stereocenters. The normalized spacial score (nSPS) is 40.2. The first-order valence-corrected chi connectivity index (χ1v) is 14.2. The number of hydrogen-bond donors (Lipinski definition) is 0. The molecule has 0 bridgehead atoms. The zero-order valence-corrected chi connectivity index (χ0v) is 23.2. The molecule has 1 aliphatic heterocycles. The molecule has 0 aromatic rings. The van der Waals surface area contributed by atoms with Crippen LogP contribution in [0.4, 0.5) is 4.79 Å². The van der Waals surface area contributed by atoms with Crippen LogP contribution in [0.2, 0.25) is 0 Å². The summed E-state index contributed by atoms with van der Waals surface area (Å²) in [4.78, 5) is 78.3. The van der Waals surface area contributed by atoms with Crippen LogP contribution in [0.5, 0.6) is 0 Å². The molecule has 4 saturated carbocycles. The van der Waals surface area contributed by atoms with E-state index in [1.165, 1.54) is 14.1 Å². The van der Waals surface area contributed by atoms with Crippen LogP contribution in [0.15, 0.2) is 11.6 Å². The third kappa shape index (κ3) is 3.76. The van der Waals surface area contributed by atoms with E-state index < -0.39 is 23.3 Å². The molecule has 5 fully saturated rings. The Morgan fingerprint density at radius 2 is 1.58 bits per heavy atom. The second-order valence-electron chi connectivity index (χ2n) is 13.1. The zero-order valence-electron chi connectivity index (χ0n) is 23.2. The van der Waals surface area contributed by atoms with E-state index in [1.807, 2.05) is 0 Å². The molecule has 0 radical (unpaired) electrons. The van der Waals surface area contributed by atoms with E-state index in [2.05, 4.69) is 20.8 Å². The number of urea groups is 1. The van der Waals surface area contributed by atoms with Crippen molar-refractivity contribution in [2.45, 2.75) is 78.6 Å². The van der Waals surface area contributed by atoms with Crippen molar-refractivity contribution in [3.63, 3.8) is 0 Å². The lowest BCUT2D eigenvalue weighted by molar-refractivity contribution is -0.167. The number of hydrogen-bond acceptors (Lipinski definition) is 6. The quantitative estimate of drug-likeness (QED) is 0.407. The van der Waals surface area contributed by atoms with Gasteiger partial charge in [0.2, 0.25) is 0 Å². The molecule has 8 nitrogen and oxygen atoms in total. The summed E-state index contributed by atoms with van der Waals surface area (Å²) in [6.07, 6.45) is 7.28. The number of Topliss-reactive ketones (excluding diaryl/α,β-unsaturated/α-hetero) is 3. The van der Waals surface area contributed by atoms with Crippen molar-refractivity contribution >= 4 is 35.2 Å². The molecule has 1 heterocycles. The minimum Gasteiger partial charge on any atom is -0.300 e. The molecule has 4 aliphatic carbocycles. The number of amides is 4. The average molecular weight is 525 g/mol. The van der Waals surface area contributed by atoms with Gasteiger partial charge in [-0.1, -0.05) is 26.8 Å². The van der Waals surface area contributed by atoms with Crippen LogP contribution in [-0.2, 0) is 24.0 Å². The first-order chi connectivity index (χ1) is 17.8. The maximum absolute atomic E-state index is 13.9. The number of imide groups is 2. The van der Waals surface area contributed by atoms with Crippen molar-refractivity contribution in [3.05, 3.63) is 11.6 Å². The number of barbiturate groups is 1. The highest BCUT2D eigenvalue weighted by Crippen LogP contribution is 2.66. The van der Waals surface area contributed by atoms with Gasteiger partial charge in [0, 0.05) is 51.1 Å². The third-order valence-electron chi connectivity index (χ3n) is 11.5. The largest absolute Gasteiger partial charge is 0.333 e. The minimum atomic E-state index is -0.634. The predicted octanol–water partition coefficient (Wildman–Crippen LogP) is 3.97. The lowest BCUT2D eigenvalue weighted by Crippen LogP contribution is -2.59. The van der Waals surface area contributed by atoms with E-state index in [9.17, 15) is 28.8 Å². The van der Waals surface area contributed by atoms with Gasteiger partial charge < -0.3 is 0 Å².